The van der Waals surface area contributed by atoms with E-state index in [0.29, 0.717) is 18.7 Å². The van der Waals surface area contributed by atoms with Crippen molar-refractivity contribution in [1.82, 2.24) is 4.90 Å². The number of nitrogens with zero attached hydrogens (tertiary/aromatic N) is 1. The molecule has 1 aliphatic rings. The largest absolute Gasteiger partial charge is 0.493 e. The van der Waals surface area contributed by atoms with Crippen LogP contribution in [0.15, 0.2) is 30.3 Å². The van der Waals surface area contributed by atoms with Gasteiger partial charge in [-0.25, -0.2) is 4.79 Å². The van der Waals surface area contributed by atoms with Crippen molar-refractivity contribution >= 4 is 11.9 Å². The number of rotatable bonds is 5. The highest BCUT2D eigenvalue weighted by atomic mass is 16.5. The van der Waals surface area contributed by atoms with Crippen LogP contribution in [0.5, 0.6) is 5.75 Å². The first kappa shape index (κ1) is 14.4. The van der Waals surface area contributed by atoms with Crippen LogP contribution in [0.4, 0.5) is 0 Å². The molecule has 1 aromatic rings. The van der Waals surface area contributed by atoms with Crippen LogP contribution in [0.25, 0.3) is 0 Å². The van der Waals surface area contributed by atoms with E-state index < -0.39 is 12.0 Å². The maximum absolute atomic E-state index is 12.3. The number of carboxylic acids is 1. The van der Waals surface area contributed by atoms with Gasteiger partial charge in [-0.3, -0.25) is 4.79 Å². The van der Waals surface area contributed by atoms with Gasteiger partial charge in [0.15, 0.2) is 0 Å². The number of hydrogen-bond donors (Lipinski definition) is 1. The number of carbonyl (C=O) groups excluding carboxylic acids is 1. The Labute approximate surface area is 118 Å². The minimum atomic E-state index is -0.924. The molecule has 1 aliphatic heterocycles. The topological polar surface area (TPSA) is 66.8 Å². The van der Waals surface area contributed by atoms with Crippen LogP contribution in [0, 0.1) is 5.92 Å². The molecule has 0 saturated carbocycles. The highest BCUT2D eigenvalue weighted by molar-refractivity contribution is 5.85. The summed E-state index contributed by atoms with van der Waals surface area (Å²) in [5.74, 6) is -0.712. The van der Waals surface area contributed by atoms with E-state index >= 15 is 0 Å². The Morgan fingerprint density at radius 2 is 2.10 bits per heavy atom. The molecule has 5 nitrogen and oxygen atoms in total. The number of benzene rings is 1. The molecule has 1 N–H and O–H groups in total. The normalized spacial score (nSPS) is 19.6. The molecule has 2 atom stereocenters. The molecule has 108 valence electrons. The van der Waals surface area contributed by atoms with Gasteiger partial charge in [0.05, 0.1) is 12.5 Å². The predicted octanol–water partition coefficient (Wildman–Crippen LogP) is 1.78. The van der Waals surface area contributed by atoms with Crippen molar-refractivity contribution in [3.8, 4) is 5.75 Å². The van der Waals surface area contributed by atoms with Crippen molar-refractivity contribution in [1.29, 1.82) is 0 Å². The molecule has 1 aromatic carbocycles. The van der Waals surface area contributed by atoms with Gasteiger partial charge < -0.3 is 14.7 Å². The number of ether oxygens (including phenoxy) is 1. The van der Waals surface area contributed by atoms with E-state index in [2.05, 4.69) is 0 Å². The molecule has 0 aliphatic carbocycles. The van der Waals surface area contributed by atoms with E-state index in [1.165, 1.54) is 4.90 Å². The predicted molar refractivity (Wildman–Crippen MR) is 73.5 cm³/mol. The second-order valence-corrected chi connectivity index (χ2v) is 5.05. The first-order valence-electron chi connectivity index (χ1n) is 6.80. The van der Waals surface area contributed by atoms with Crippen LogP contribution < -0.4 is 4.74 Å². The highest BCUT2D eigenvalue weighted by Crippen LogP contribution is 2.20. The fourth-order valence-electron chi connectivity index (χ4n) is 2.38. The third-order valence-electron chi connectivity index (χ3n) is 3.49. The lowest BCUT2D eigenvalue weighted by Crippen LogP contribution is -2.44. The molecule has 1 saturated heterocycles. The molecule has 20 heavy (non-hydrogen) atoms. The van der Waals surface area contributed by atoms with Gasteiger partial charge in [-0.15, -0.1) is 0 Å². The molecule has 0 radical (unpaired) electrons. The second kappa shape index (κ2) is 6.41. The van der Waals surface area contributed by atoms with E-state index in [-0.39, 0.29) is 18.4 Å². The average Bonchev–Trinajstić information content (AvgIpc) is 2.94. The van der Waals surface area contributed by atoms with Crippen molar-refractivity contribution < 1.29 is 19.4 Å². The maximum atomic E-state index is 12.3. The first-order valence-corrected chi connectivity index (χ1v) is 6.80. The fraction of sp³-hybridized carbons (Fsp3) is 0.467. The molecular weight excluding hydrogens is 258 g/mol. The Bertz CT molecular complexity index is 474. The number of amides is 1. The summed E-state index contributed by atoms with van der Waals surface area (Å²) in [4.78, 5) is 24.8. The quantitative estimate of drug-likeness (QED) is 0.890. The zero-order valence-electron chi connectivity index (χ0n) is 11.5. The first-order chi connectivity index (χ1) is 9.59. The fourth-order valence-corrected chi connectivity index (χ4v) is 2.38. The molecule has 0 aromatic heterocycles. The summed E-state index contributed by atoms with van der Waals surface area (Å²) in [5, 5.41) is 9.10. The SMILES string of the molecule is C[C@@H](COc1ccccc1)C(=O)N1CCC[C@H]1C(=O)O. The molecule has 1 fully saturated rings. The molecular formula is C15H19NO4. The molecule has 1 heterocycles. The molecule has 1 amide bonds. The number of hydrogen-bond acceptors (Lipinski definition) is 3. The van der Waals surface area contributed by atoms with Gasteiger partial charge in [-0.1, -0.05) is 25.1 Å². The highest BCUT2D eigenvalue weighted by Gasteiger charge is 2.35. The molecule has 0 bridgehead atoms. The smallest absolute Gasteiger partial charge is 0.326 e. The summed E-state index contributed by atoms with van der Waals surface area (Å²) in [5.41, 5.74) is 0. The third kappa shape index (κ3) is 3.29. The zero-order chi connectivity index (χ0) is 14.5. The Morgan fingerprint density at radius 1 is 1.40 bits per heavy atom. The molecule has 2 rings (SSSR count). The van der Waals surface area contributed by atoms with Crippen molar-refractivity contribution in [2.24, 2.45) is 5.92 Å². The van der Waals surface area contributed by atoms with E-state index in [0.717, 1.165) is 6.42 Å². The third-order valence-corrected chi connectivity index (χ3v) is 3.49. The summed E-state index contributed by atoms with van der Waals surface area (Å²) in [7, 11) is 0. The minimum Gasteiger partial charge on any atom is -0.493 e. The van der Waals surface area contributed by atoms with E-state index in [1.54, 1.807) is 6.92 Å². The standard InChI is InChI=1S/C15H19NO4/c1-11(10-20-12-6-3-2-4-7-12)14(17)16-9-5-8-13(16)15(18)19/h2-4,6-7,11,13H,5,8-10H2,1H3,(H,18,19)/t11-,13-/m0/s1. The molecule has 0 unspecified atom stereocenters. The van der Waals surface area contributed by atoms with Crippen LogP contribution in [-0.2, 0) is 9.59 Å². The monoisotopic (exact) mass is 277 g/mol. The summed E-state index contributed by atoms with van der Waals surface area (Å²) >= 11 is 0. The Kier molecular flexibility index (Phi) is 4.61. The number of likely N-dealkylation sites (tertiary alicyclic amines) is 1. The maximum Gasteiger partial charge on any atom is 0.326 e. The minimum absolute atomic E-state index is 0.147. The van der Waals surface area contributed by atoms with Gasteiger partial charge in [0, 0.05) is 6.54 Å². The van der Waals surface area contributed by atoms with Crippen molar-refractivity contribution in [2.75, 3.05) is 13.2 Å². The second-order valence-electron chi connectivity index (χ2n) is 5.05. The Balaban J connectivity index is 1.90. The van der Waals surface area contributed by atoms with Gasteiger partial charge in [0.25, 0.3) is 0 Å². The van der Waals surface area contributed by atoms with Crippen molar-refractivity contribution in [3.05, 3.63) is 30.3 Å². The summed E-state index contributed by atoms with van der Waals surface area (Å²) in [6.45, 7) is 2.54. The molecule has 5 heteroatoms. The lowest BCUT2D eigenvalue weighted by atomic mass is 10.1. The summed E-state index contributed by atoms with van der Waals surface area (Å²) in [6.07, 6.45) is 1.28. The summed E-state index contributed by atoms with van der Waals surface area (Å²) < 4.78 is 5.55. The van der Waals surface area contributed by atoms with E-state index in [4.69, 9.17) is 9.84 Å². The lowest BCUT2D eigenvalue weighted by molar-refractivity contribution is -0.150. The molecule has 0 spiro atoms. The number of carboxylic acid groups (broad SMARTS) is 1. The summed E-state index contributed by atoms with van der Waals surface area (Å²) in [6, 6.07) is 8.59. The number of aliphatic carboxylic acids is 1. The van der Waals surface area contributed by atoms with E-state index in [9.17, 15) is 9.59 Å². The van der Waals surface area contributed by atoms with Crippen LogP contribution in [0.3, 0.4) is 0 Å². The van der Waals surface area contributed by atoms with Crippen molar-refractivity contribution in [2.45, 2.75) is 25.8 Å². The van der Waals surface area contributed by atoms with Crippen LogP contribution >= 0.6 is 0 Å². The van der Waals surface area contributed by atoms with Gasteiger partial charge in [-0.05, 0) is 25.0 Å². The number of para-hydroxylation sites is 1. The number of carbonyl (C=O) groups is 2. The van der Waals surface area contributed by atoms with Gasteiger partial charge in [-0.2, -0.15) is 0 Å². The van der Waals surface area contributed by atoms with Gasteiger partial charge in [0.2, 0.25) is 5.91 Å². The van der Waals surface area contributed by atoms with Gasteiger partial charge in [0.1, 0.15) is 11.8 Å². The van der Waals surface area contributed by atoms with Crippen LogP contribution in [-0.4, -0.2) is 41.1 Å². The average molecular weight is 277 g/mol. The lowest BCUT2D eigenvalue weighted by Gasteiger charge is -2.24. The van der Waals surface area contributed by atoms with Crippen molar-refractivity contribution in [3.63, 3.8) is 0 Å². The van der Waals surface area contributed by atoms with Crippen LogP contribution in [0.2, 0.25) is 0 Å². The zero-order valence-corrected chi connectivity index (χ0v) is 11.5. The van der Waals surface area contributed by atoms with E-state index in [1.807, 2.05) is 30.3 Å². The Hall–Kier alpha value is -2.04. The Morgan fingerprint density at radius 3 is 2.75 bits per heavy atom. The van der Waals surface area contributed by atoms with Crippen LogP contribution in [0.1, 0.15) is 19.8 Å². The van der Waals surface area contributed by atoms with Gasteiger partial charge >= 0.3 is 5.97 Å².